The fourth-order valence-corrected chi connectivity index (χ4v) is 3.46. The molecule has 0 aromatic heterocycles. The highest BCUT2D eigenvalue weighted by Gasteiger charge is 2.36. The number of para-hydroxylation sites is 1. The number of nitro groups is 1. The van der Waals surface area contributed by atoms with Crippen molar-refractivity contribution in [3.63, 3.8) is 0 Å². The number of nitrogens with zero attached hydrogens (tertiary/aromatic N) is 2. The van der Waals surface area contributed by atoms with Crippen LogP contribution in [0.5, 0.6) is 5.75 Å². The summed E-state index contributed by atoms with van der Waals surface area (Å²) in [4.78, 5) is 47.2. The summed E-state index contributed by atoms with van der Waals surface area (Å²) in [5, 5.41) is 19.3. The Morgan fingerprint density at radius 3 is 2.69 bits per heavy atom. The van der Waals surface area contributed by atoms with E-state index in [9.17, 15) is 24.5 Å². The molecule has 0 spiro atoms. The molecule has 0 radical (unpaired) electrons. The number of carboxylic acid groups (broad SMARTS) is 1. The molecule has 0 bridgehead atoms. The molecule has 0 unspecified atom stereocenters. The molecule has 1 fully saturated rings. The highest BCUT2D eigenvalue weighted by molar-refractivity contribution is 8.18. The van der Waals surface area contributed by atoms with Crippen LogP contribution >= 0.6 is 11.8 Å². The average molecular weight is 414 g/mol. The molecule has 148 valence electrons. The van der Waals surface area contributed by atoms with Crippen molar-refractivity contribution in [1.29, 1.82) is 0 Å². The molecule has 0 saturated carbocycles. The smallest absolute Gasteiger partial charge is 0.341 e. The molecular weight excluding hydrogens is 400 g/mol. The van der Waals surface area contributed by atoms with Gasteiger partial charge in [0.05, 0.1) is 16.4 Å². The number of hydrogen-bond donors (Lipinski definition) is 1. The largest absolute Gasteiger partial charge is 0.482 e. The number of carbonyl (C=O) groups is 3. The zero-order valence-electron chi connectivity index (χ0n) is 14.8. The molecule has 0 atom stereocenters. The van der Waals surface area contributed by atoms with Crippen LogP contribution in [0.3, 0.4) is 0 Å². The maximum Gasteiger partial charge on any atom is 0.341 e. The highest BCUT2D eigenvalue weighted by atomic mass is 32.2. The normalized spacial score (nSPS) is 15.0. The van der Waals surface area contributed by atoms with E-state index in [1.54, 1.807) is 30.3 Å². The lowest BCUT2D eigenvalue weighted by molar-refractivity contribution is -0.385. The van der Waals surface area contributed by atoms with Gasteiger partial charge in [-0.25, -0.2) is 4.79 Å². The third-order valence-electron chi connectivity index (χ3n) is 3.91. The highest BCUT2D eigenvalue weighted by Crippen LogP contribution is 2.34. The Hall–Kier alpha value is -3.66. The van der Waals surface area contributed by atoms with E-state index in [4.69, 9.17) is 9.84 Å². The number of nitro benzene ring substituents is 1. The Balaban J connectivity index is 1.80. The van der Waals surface area contributed by atoms with Gasteiger partial charge >= 0.3 is 5.97 Å². The van der Waals surface area contributed by atoms with E-state index in [1.807, 2.05) is 0 Å². The monoisotopic (exact) mass is 414 g/mol. The molecule has 1 saturated heterocycles. The predicted molar refractivity (Wildman–Crippen MR) is 104 cm³/mol. The minimum atomic E-state index is -1.12. The molecule has 1 aliphatic rings. The van der Waals surface area contributed by atoms with Crippen LogP contribution < -0.4 is 4.74 Å². The predicted octanol–water partition coefficient (Wildman–Crippen LogP) is 3.29. The summed E-state index contributed by atoms with van der Waals surface area (Å²) >= 11 is 0.728. The number of benzene rings is 2. The lowest BCUT2D eigenvalue weighted by atomic mass is 10.1. The third-order valence-corrected chi connectivity index (χ3v) is 4.82. The number of rotatable bonds is 7. The van der Waals surface area contributed by atoms with Gasteiger partial charge in [0.2, 0.25) is 0 Å². The van der Waals surface area contributed by atoms with E-state index >= 15 is 0 Å². The van der Waals surface area contributed by atoms with Crippen LogP contribution in [-0.4, -0.2) is 38.7 Å². The van der Waals surface area contributed by atoms with Crippen molar-refractivity contribution in [3.05, 3.63) is 74.7 Å². The third kappa shape index (κ3) is 4.79. The minimum Gasteiger partial charge on any atom is -0.482 e. The SMILES string of the molecule is O=C(O)COc1cccc(/C=C2\SC(=O)N(Cc3ccccc3[N+](=O)[O-])C2=O)c1. The van der Waals surface area contributed by atoms with Crippen LogP contribution in [0.1, 0.15) is 11.1 Å². The molecule has 1 heterocycles. The number of ether oxygens (including phenoxy) is 1. The molecule has 1 N–H and O–H groups in total. The van der Waals surface area contributed by atoms with Crippen LogP contribution in [0.4, 0.5) is 10.5 Å². The van der Waals surface area contributed by atoms with Gasteiger partial charge in [0.15, 0.2) is 6.61 Å². The first kappa shape index (κ1) is 20.1. The minimum absolute atomic E-state index is 0.156. The van der Waals surface area contributed by atoms with Crippen LogP contribution in [0.25, 0.3) is 6.08 Å². The first-order valence-electron chi connectivity index (χ1n) is 8.27. The average Bonchev–Trinajstić information content (AvgIpc) is 2.94. The van der Waals surface area contributed by atoms with E-state index in [1.165, 1.54) is 24.3 Å². The van der Waals surface area contributed by atoms with E-state index in [0.29, 0.717) is 11.3 Å². The lowest BCUT2D eigenvalue weighted by Crippen LogP contribution is -2.27. The van der Waals surface area contributed by atoms with Crippen molar-refractivity contribution in [2.45, 2.75) is 6.54 Å². The summed E-state index contributed by atoms with van der Waals surface area (Å²) in [5.74, 6) is -1.37. The van der Waals surface area contributed by atoms with E-state index in [0.717, 1.165) is 16.7 Å². The first-order chi connectivity index (χ1) is 13.8. The van der Waals surface area contributed by atoms with Gasteiger partial charge in [-0.2, -0.15) is 0 Å². The van der Waals surface area contributed by atoms with Crippen LogP contribution in [0.2, 0.25) is 0 Å². The van der Waals surface area contributed by atoms with Gasteiger partial charge in [0.1, 0.15) is 5.75 Å². The Labute approximate surface area is 168 Å². The number of aliphatic carboxylic acids is 1. The van der Waals surface area contributed by atoms with E-state index < -0.39 is 28.6 Å². The molecule has 0 aliphatic carbocycles. The summed E-state index contributed by atoms with van der Waals surface area (Å²) < 4.78 is 5.09. The van der Waals surface area contributed by atoms with Crippen LogP contribution in [0.15, 0.2) is 53.4 Å². The van der Waals surface area contributed by atoms with Gasteiger partial charge in [-0.3, -0.25) is 24.6 Å². The Kier molecular flexibility index (Phi) is 5.93. The summed E-state index contributed by atoms with van der Waals surface area (Å²) in [7, 11) is 0. The second kappa shape index (κ2) is 8.57. The van der Waals surface area contributed by atoms with Crippen molar-refractivity contribution < 1.29 is 29.2 Å². The molecule has 2 aromatic rings. The van der Waals surface area contributed by atoms with E-state index in [-0.39, 0.29) is 22.7 Å². The van der Waals surface area contributed by atoms with Crippen LogP contribution in [0, 0.1) is 10.1 Å². The van der Waals surface area contributed by atoms with Gasteiger partial charge in [0, 0.05) is 11.6 Å². The Morgan fingerprint density at radius 1 is 1.21 bits per heavy atom. The molecule has 2 amide bonds. The van der Waals surface area contributed by atoms with Gasteiger partial charge in [-0.15, -0.1) is 0 Å². The summed E-state index contributed by atoms with van der Waals surface area (Å²) in [6, 6.07) is 12.3. The number of amides is 2. The zero-order valence-corrected chi connectivity index (χ0v) is 15.6. The Morgan fingerprint density at radius 2 is 1.97 bits per heavy atom. The molecule has 9 nitrogen and oxygen atoms in total. The van der Waals surface area contributed by atoms with Gasteiger partial charge in [0.25, 0.3) is 16.8 Å². The topological polar surface area (TPSA) is 127 Å². The second-order valence-corrected chi connectivity index (χ2v) is 6.90. The van der Waals surface area contributed by atoms with Crippen molar-refractivity contribution in [2.24, 2.45) is 0 Å². The molecular formula is C19H14N2O7S. The van der Waals surface area contributed by atoms with Gasteiger partial charge < -0.3 is 9.84 Å². The number of carbonyl (C=O) groups excluding carboxylic acids is 2. The number of imide groups is 1. The fraction of sp³-hybridized carbons (Fsp3) is 0.105. The number of thioether (sulfide) groups is 1. The number of carboxylic acids is 1. The van der Waals surface area contributed by atoms with Crippen molar-refractivity contribution in [3.8, 4) is 5.75 Å². The van der Waals surface area contributed by atoms with Gasteiger partial charge in [-0.1, -0.05) is 30.3 Å². The molecule has 10 heteroatoms. The standard InChI is InChI=1S/C19H14N2O7S/c22-17(23)11-28-14-6-3-4-12(8-14)9-16-18(24)20(19(25)29-16)10-13-5-1-2-7-15(13)21(26)27/h1-9H,10-11H2,(H,22,23)/b16-9-. The molecule has 1 aliphatic heterocycles. The zero-order chi connectivity index (χ0) is 21.0. The fourth-order valence-electron chi connectivity index (χ4n) is 2.62. The summed E-state index contributed by atoms with van der Waals surface area (Å²) in [6.07, 6.45) is 1.48. The maximum atomic E-state index is 12.6. The Bertz CT molecular complexity index is 1030. The van der Waals surface area contributed by atoms with Crippen molar-refractivity contribution in [1.82, 2.24) is 4.90 Å². The number of hydrogen-bond acceptors (Lipinski definition) is 7. The first-order valence-corrected chi connectivity index (χ1v) is 9.09. The van der Waals surface area contributed by atoms with Crippen molar-refractivity contribution in [2.75, 3.05) is 6.61 Å². The van der Waals surface area contributed by atoms with Crippen molar-refractivity contribution >= 4 is 40.6 Å². The van der Waals surface area contributed by atoms with Crippen LogP contribution in [-0.2, 0) is 16.1 Å². The molecule has 3 rings (SSSR count). The molecule has 2 aromatic carbocycles. The summed E-state index contributed by atoms with van der Waals surface area (Å²) in [6.45, 7) is -0.712. The quantitative estimate of drug-likeness (QED) is 0.415. The second-order valence-electron chi connectivity index (χ2n) is 5.91. The summed E-state index contributed by atoms with van der Waals surface area (Å²) in [5.41, 5.74) is 0.632. The molecule has 29 heavy (non-hydrogen) atoms. The van der Waals surface area contributed by atoms with Gasteiger partial charge in [-0.05, 0) is 35.5 Å². The maximum absolute atomic E-state index is 12.6. The lowest BCUT2D eigenvalue weighted by Gasteiger charge is -2.12. The van der Waals surface area contributed by atoms with E-state index in [2.05, 4.69) is 0 Å².